The molecule has 0 aromatic heterocycles. The summed E-state index contributed by atoms with van der Waals surface area (Å²) >= 11 is 0. The number of hydrogen-bond donors (Lipinski definition) is 2. The van der Waals surface area contributed by atoms with Gasteiger partial charge in [0, 0.05) is 12.5 Å². The molecule has 0 aliphatic carbocycles. The van der Waals surface area contributed by atoms with Crippen LogP contribution in [0.1, 0.15) is 70.3 Å². The Balaban J connectivity index is 1.58. The Hall–Kier alpha value is -1.55. The van der Waals surface area contributed by atoms with Crippen molar-refractivity contribution in [3.63, 3.8) is 0 Å². The van der Waals surface area contributed by atoms with Gasteiger partial charge in [-0.1, -0.05) is 32.0 Å². The number of amides is 1. The van der Waals surface area contributed by atoms with Crippen molar-refractivity contribution in [3.05, 3.63) is 29.8 Å². The Morgan fingerprint density at radius 2 is 2.00 bits per heavy atom. The Bertz CT molecular complexity index is 592. The third-order valence-corrected chi connectivity index (χ3v) is 6.20. The van der Waals surface area contributed by atoms with Gasteiger partial charge in [-0.3, -0.25) is 4.79 Å². The molecule has 0 saturated carbocycles. The summed E-state index contributed by atoms with van der Waals surface area (Å²) in [5, 5.41) is 6.59. The Kier molecular flexibility index (Phi) is 6.58. The van der Waals surface area contributed by atoms with Crippen molar-refractivity contribution in [2.24, 2.45) is 5.92 Å². The van der Waals surface area contributed by atoms with Gasteiger partial charge in [-0.2, -0.15) is 0 Å². The lowest BCUT2D eigenvalue weighted by Crippen LogP contribution is -2.49. The molecule has 1 atom stereocenters. The smallest absolute Gasteiger partial charge is 0.223 e. The van der Waals surface area contributed by atoms with Crippen LogP contribution >= 0.6 is 0 Å². The normalized spacial score (nSPS) is 21.3. The largest absolute Gasteiger partial charge is 0.487 e. The van der Waals surface area contributed by atoms with E-state index in [1.165, 1.54) is 5.56 Å². The number of nitrogens with one attached hydrogen (secondary N) is 2. The van der Waals surface area contributed by atoms with Gasteiger partial charge < -0.3 is 15.4 Å². The molecule has 1 unspecified atom stereocenters. The number of carbonyl (C=O) groups is 1. The highest BCUT2D eigenvalue weighted by Crippen LogP contribution is 2.46. The summed E-state index contributed by atoms with van der Waals surface area (Å²) in [6.07, 6.45) is 7.26. The van der Waals surface area contributed by atoms with Crippen molar-refractivity contribution in [2.75, 3.05) is 19.6 Å². The molecule has 3 rings (SSSR count). The van der Waals surface area contributed by atoms with E-state index in [4.69, 9.17) is 4.74 Å². The number of piperidine rings is 1. The average molecular weight is 359 g/mol. The minimum atomic E-state index is 0.00301. The summed E-state index contributed by atoms with van der Waals surface area (Å²) in [5.74, 6) is 1.99. The Labute approximate surface area is 158 Å². The maximum absolute atomic E-state index is 12.2. The predicted molar refractivity (Wildman–Crippen MR) is 106 cm³/mol. The molecule has 1 fully saturated rings. The summed E-state index contributed by atoms with van der Waals surface area (Å²) in [6, 6.07) is 8.53. The first-order chi connectivity index (χ1) is 12.7. The van der Waals surface area contributed by atoms with E-state index in [1.54, 1.807) is 0 Å². The van der Waals surface area contributed by atoms with Crippen molar-refractivity contribution in [2.45, 2.75) is 70.3 Å². The molecule has 1 aromatic carbocycles. The van der Waals surface area contributed by atoms with Gasteiger partial charge in [0.25, 0.3) is 0 Å². The monoisotopic (exact) mass is 358 g/mol. The van der Waals surface area contributed by atoms with Crippen LogP contribution in [-0.4, -0.2) is 31.1 Å². The van der Waals surface area contributed by atoms with Crippen LogP contribution in [0.4, 0.5) is 0 Å². The van der Waals surface area contributed by atoms with Crippen LogP contribution in [0, 0.1) is 5.92 Å². The standard InChI is InChI=1S/C22H34N2O2/c1-3-17(4-2)21(25)24-13-7-8-18-16-22(11-14-23-15-12-22)26-20-10-6-5-9-19(18)20/h5-6,9-10,17-18,23H,3-4,7-8,11-16H2,1-2H3,(H,24,25). The van der Waals surface area contributed by atoms with Crippen LogP contribution in [0.2, 0.25) is 0 Å². The first kappa shape index (κ1) is 19.2. The molecule has 144 valence electrons. The SMILES string of the molecule is CCC(CC)C(=O)NCCCC1CC2(CCNCC2)Oc2ccccc21. The number of benzene rings is 1. The lowest BCUT2D eigenvalue weighted by atomic mass is 9.76. The third kappa shape index (κ3) is 4.40. The van der Waals surface area contributed by atoms with Gasteiger partial charge in [0.15, 0.2) is 0 Å². The molecule has 2 N–H and O–H groups in total. The van der Waals surface area contributed by atoms with E-state index in [1.807, 2.05) is 0 Å². The summed E-state index contributed by atoms with van der Waals surface area (Å²) in [4.78, 5) is 12.2. The fourth-order valence-electron chi connectivity index (χ4n) is 4.55. The van der Waals surface area contributed by atoms with Gasteiger partial charge in [-0.15, -0.1) is 0 Å². The minimum Gasteiger partial charge on any atom is -0.487 e. The van der Waals surface area contributed by atoms with E-state index in [2.05, 4.69) is 48.7 Å². The topological polar surface area (TPSA) is 50.4 Å². The van der Waals surface area contributed by atoms with Crippen molar-refractivity contribution < 1.29 is 9.53 Å². The zero-order valence-electron chi connectivity index (χ0n) is 16.4. The highest BCUT2D eigenvalue weighted by atomic mass is 16.5. The number of fused-ring (bicyclic) bond motifs is 1. The van der Waals surface area contributed by atoms with E-state index in [9.17, 15) is 4.79 Å². The van der Waals surface area contributed by atoms with Gasteiger partial charge in [-0.05, 0) is 75.6 Å². The van der Waals surface area contributed by atoms with Gasteiger partial charge in [0.05, 0.1) is 0 Å². The van der Waals surface area contributed by atoms with Crippen LogP contribution in [0.25, 0.3) is 0 Å². The van der Waals surface area contributed by atoms with E-state index in [0.717, 1.165) is 70.3 Å². The zero-order chi connectivity index (χ0) is 18.4. The van der Waals surface area contributed by atoms with Gasteiger partial charge in [0.1, 0.15) is 11.4 Å². The highest BCUT2D eigenvalue weighted by Gasteiger charge is 2.41. The van der Waals surface area contributed by atoms with Crippen molar-refractivity contribution in [3.8, 4) is 5.75 Å². The molecule has 0 radical (unpaired) electrons. The number of carbonyl (C=O) groups excluding carboxylic acids is 1. The van der Waals surface area contributed by atoms with Crippen LogP contribution in [0.3, 0.4) is 0 Å². The molecule has 2 aliphatic heterocycles. The van der Waals surface area contributed by atoms with E-state index in [-0.39, 0.29) is 17.4 Å². The molecule has 2 aliphatic rings. The van der Waals surface area contributed by atoms with Gasteiger partial charge >= 0.3 is 0 Å². The molecule has 2 heterocycles. The predicted octanol–water partition coefficient (Wildman–Crippen LogP) is 4.01. The van der Waals surface area contributed by atoms with Crippen LogP contribution in [-0.2, 0) is 4.79 Å². The third-order valence-electron chi connectivity index (χ3n) is 6.20. The molecule has 1 spiro atoms. The summed E-state index contributed by atoms with van der Waals surface area (Å²) < 4.78 is 6.49. The molecule has 1 saturated heterocycles. The van der Waals surface area contributed by atoms with Gasteiger partial charge in [-0.25, -0.2) is 0 Å². The van der Waals surface area contributed by atoms with E-state index in [0.29, 0.717) is 5.92 Å². The molecule has 4 heteroatoms. The minimum absolute atomic E-state index is 0.00301. The summed E-state index contributed by atoms with van der Waals surface area (Å²) in [7, 11) is 0. The molecule has 1 aromatic rings. The fraction of sp³-hybridized carbons (Fsp3) is 0.682. The Morgan fingerprint density at radius 1 is 1.27 bits per heavy atom. The van der Waals surface area contributed by atoms with Crippen LogP contribution < -0.4 is 15.4 Å². The highest BCUT2D eigenvalue weighted by molar-refractivity contribution is 5.78. The molecule has 0 bridgehead atoms. The summed E-state index contributed by atoms with van der Waals surface area (Å²) in [5.41, 5.74) is 1.35. The number of para-hydroxylation sites is 1. The molecular weight excluding hydrogens is 324 g/mol. The maximum atomic E-state index is 12.2. The van der Waals surface area contributed by atoms with Crippen molar-refractivity contribution in [1.82, 2.24) is 10.6 Å². The first-order valence-corrected chi connectivity index (χ1v) is 10.4. The fourth-order valence-corrected chi connectivity index (χ4v) is 4.55. The van der Waals surface area contributed by atoms with Crippen molar-refractivity contribution >= 4 is 5.91 Å². The number of hydrogen-bond acceptors (Lipinski definition) is 3. The number of ether oxygens (including phenoxy) is 1. The molecule has 4 nitrogen and oxygen atoms in total. The van der Waals surface area contributed by atoms with Crippen molar-refractivity contribution in [1.29, 1.82) is 0 Å². The average Bonchev–Trinajstić information content (AvgIpc) is 2.66. The summed E-state index contributed by atoms with van der Waals surface area (Å²) in [6.45, 7) is 7.04. The quantitative estimate of drug-likeness (QED) is 0.724. The second kappa shape index (κ2) is 8.90. The number of rotatable bonds is 7. The zero-order valence-corrected chi connectivity index (χ0v) is 16.4. The van der Waals surface area contributed by atoms with Crippen LogP contribution in [0.15, 0.2) is 24.3 Å². The van der Waals surface area contributed by atoms with Gasteiger partial charge in [0.2, 0.25) is 5.91 Å². The lowest BCUT2D eigenvalue weighted by molar-refractivity contribution is -0.125. The van der Waals surface area contributed by atoms with E-state index < -0.39 is 0 Å². The molecule has 1 amide bonds. The second-order valence-electron chi connectivity index (χ2n) is 7.92. The molecule has 26 heavy (non-hydrogen) atoms. The second-order valence-corrected chi connectivity index (χ2v) is 7.92. The lowest BCUT2D eigenvalue weighted by Gasteiger charge is -2.45. The molecular formula is C22H34N2O2. The maximum Gasteiger partial charge on any atom is 0.223 e. The van der Waals surface area contributed by atoms with Crippen LogP contribution in [0.5, 0.6) is 5.75 Å². The first-order valence-electron chi connectivity index (χ1n) is 10.4. The van der Waals surface area contributed by atoms with E-state index >= 15 is 0 Å². The Morgan fingerprint density at radius 3 is 2.73 bits per heavy atom.